The number of hydrogen-bond acceptors (Lipinski definition) is 4. The summed E-state index contributed by atoms with van der Waals surface area (Å²) in [6, 6.07) is 23.8. The number of aromatic nitrogens is 1. The van der Waals surface area contributed by atoms with Crippen LogP contribution in [0.5, 0.6) is 5.75 Å². The van der Waals surface area contributed by atoms with Crippen LogP contribution in [-0.2, 0) is 6.61 Å². The van der Waals surface area contributed by atoms with Gasteiger partial charge in [-0.3, -0.25) is 4.79 Å². The average molecular weight is 426 g/mol. The smallest absolute Gasteiger partial charge is 0.189 e. The third-order valence-corrected chi connectivity index (χ3v) is 5.96. The van der Waals surface area contributed by atoms with E-state index in [1.165, 1.54) is 0 Å². The van der Waals surface area contributed by atoms with Gasteiger partial charge in [-0.05, 0) is 54.8 Å². The highest BCUT2D eigenvalue weighted by Crippen LogP contribution is 2.27. The molecule has 0 aliphatic heterocycles. The van der Waals surface area contributed by atoms with Crippen LogP contribution in [0.3, 0.4) is 0 Å². The van der Waals surface area contributed by atoms with Crippen LogP contribution in [0.1, 0.15) is 32.7 Å². The van der Waals surface area contributed by atoms with Crippen molar-refractivity contribution >= 4 is 23.2 Å². The first-order chi connectivity index (χ1) is 15.1. The van der Waals surface area contributed by atoms with Crippen molar-refractivity contribution in [2.45, 2.75) is 20.5 Å². The van der Waals surface area contributed by atoms with Gasteiger partial charge in [0.1, 0.15) is 17.4 Å². The molecule has 3 nitrogen and oxygen atoms in total. The van der Waals surface area contributed by atoms with E-state index in [2.05, 4.69) is 4.98 Å². The summed E-state index contributed by atoms with van der Waals surface area (Å²) in [5.74, 6) is 0.505. The Morgan fingerprint density at radius 2 is 1.65 bits per heavy atom. The Morgan fingerprint density at radius 1 is 0.968 bits per heavy atom. The lowest BCUT2D eigenvalue weighted by molar-refractivity contribution is 0.104. The highest BCUT2D eigenvalue weighted by Gasteiger charge is 2.13. The van der Waals surface area contributed by atoms with E-state index in [0.29, 0.717) is 17.9 Å². The van der Waals surface area contributed by atoms with E-state index in [4.69, 9.17) is 4.74 Å². The van der Waals surface area contributed by atoms with E-state index >= 15 is 0 Å². The van der Waals surface area contributed by atoms with Crippen LogP contribution in [-0.4, -0.2) is 10.8 Å². The summed E-state index contributed by atoms with van der Waals surface area (Å²) in [5.41, 5.74) is 5.62. The quantitative estimate of drug-likeness (QED) is 0.239. The molecule has 0 atom stereocenters. The van der Waals surface area contributed by atoms with Gasteiger partial charge in [-0.15, -0.1) is 11.3 Å². The predicted octanol–water partition coefficient (Wildman–Crippen LogP) is 6.90. The summed E-state index contributed by atoms with van der Waals surface area (Å²) in [5, 5.41) is 2.89. The van der Waals surface area contributed by atoms with Gasteiger partial charge in [-0.1, -0.05) is 60.7 Å². The molecule has 0 saturated heterocycles. The molecule has 154 valence electrons. The van der Waals surface area contributed by atoms with E-state index in [0.717, 1.165) is 33.0 Å². The van der Waals surface area contributed by atoms with E-state index in [9.17, 15) is 4.79 Å². The lowest BCUT2D eigenvalue weighted by Crippen LogP contribution is -2.04. The Morgan fingerprint density at radius 3 is 2.39 bits per heavy atom. The standard InChI is InChI=1S/C27H23NO2S/c1-19-15-24(26(16-20(19)2)30-17-21-9-5-3-6-10-21)25(29)14-13-23-18-31-27(28-23)22-11-7-4-8-12-22/h3-16,18H,17H2,1-2H3/b14-13+. The minimum Gasteiger partial charge on any atom is -0.488 e. The fraction of sp³-hybridized carbons (Fsp3) is 0.111. The fourth-order valence-corrected chi connectivity index (χ4v) is 3.96. The maximum Gasteiger partial charge on any atom is 0.189 e. The summed E-state index contributed by atoms with van der Waals surface area (Å²) in [6.45, 7) is 4.44. The van der Waals surface area contributed by atoms with Crippen LogP contribution < -0.4 is 4.74 Å². The van der Waals surface area contributed by atoms with Crippen LogP contribution in [0.25, 0.3) is 16.6 Å². The molecule has 3 aromatic carbocycles. The average Bonchev–Trinajstić information content (AvgIpc) is 3.28. The second-order valence-corrected chi connectivity index (χ2v) is 8.21. The minimum atomic E-state index is -0.0968. The van der Waals surface area contributed by atoms with Crippen molar-refractivity contribution in [3.63, 3.8) is 0 Å². The van der Waals surface area contributed by atoms with E-state index in [1.807, 2.05) is 92.0 Å². The number of carbonyl (C=O) groups excluding carboxylic acids is 1. The Hall–Kier alpha value is -3.50. The first kappa shape index (κ1) is 20.8. The van der Waals surface area contributed by atoms with Crippen LogP contribution in [0, 0.1) is 13.8 Å². The van der Waals surface area contributed by atoms with Crippen molar-refractivity contribution in [3.8, 4) is 16.3 Å². The molecule has 0 saturated carbocycles. The lowest BCUT2D eigenvalue weighted by atomic mass is 10.0. The molecule has 31 heavy (non-hydrogen) atoms. The fourth-order valence-electron chi connectivity index (χ4n) is 3.16. The zero-order chi connectivity index (χ0) is 21.6. The van der Waals surface area contributed by atoms with Gasteiger partial charge in [0.15, 0.2) is 5.78 Å². The molecule has 0 amide bonds. The van der Waals surface area contributed by atoms with Crippen molar-refractivity contribution in [2.24, 2.45) is 0 Å². The number of benzene rings is 3. The second kappa shape index (κ2) is 9.54. The Kier molecular flexibility index (Phi) is 6.39. The molecular weight excluding hydrogens is 402 g/mol. The van der Waals surface area contributed by atoms with Gasteiger partial charge in [-0.25, -0.2) is 4.98 Å². The molecule has 0 aliphatic carbocycles. The van der Waals surface area contributed by atoms with E-state index in [-0.39, 0.29) is 5.78 Å². The van der Waals surface area contributed by atoms with Gasteiger partial charge < -0.3 is 4.74 Å². The number of carbonyl (C=O) groups is 1. The zero-order valence-electron chi connectivity index (χ0n) is 17.5. The third kappa shape index (κ3) is 5.16. The largest absolute Gasteiger partial charge is 0.488 e. The van der Waals surface area contributed by atoms with E-state index < -0.39 is 0 Å². The molecule has 0 spiro atoms. The SMILES string of the molecule is Cc1cc(OCc2ccccc2)c(C(=O)/C=C/c2csc(-c3ccccc3)n2)cc1C. The van der Waals surface area contributed by atoms with Gasteiger partial charge in [-0.2, -0.15) is 0 Å². The summed E-state index contributed by atoms with van der Waals surface area (Å²) < 4.78 is 6.03. The summed E-state index contributed by atoms with van der Waals surface area (Å²) in [6.07, 6.45) is 3.34. The molecule has 0 unspecified atom stereocenters. The summed E-state index contributed by atoms with van der Waals surface area (Å²) in [4.78, 5) is 17.6. The predicted molar refractivity (Wildman–Crippen MR) is 128 cm³/mol. The molecule has 0 bridgehead atoms. The first-order valence-electron chi connectivity index (χ1n) is 10.1. The van der Waals surface area contributed by atoms with E-state index in [1.54, 1.807) is 23.5 Å². The normalized spacial score (nSPS) is 11.0. The minimum absolute atomic E-state index is 0.0968. The first-order valence-corrected chi connectivity index (χ1v) is 11.0. The molecule has 0 aliphatic rings. The van der Waals surface area contributed by atoms with Crippen molar-refractivity contribution < 1.29 is 9.53 Å². The van der Waals surface area contributed by atoms with Crippen LogP contribution >= 0.6 is 11.3 Å². The van der Waals surface area contributed by atoms with Crippen molar-refractivity contribution in [1.82, 2.24) is 4.98 Å². The Balaban J connectivity index is 1.53. The highest BCUT2D eigenvalue weighted by atomic mass is 32.1. The monoisotopic (exact) mass is 425 g/mol. The number of aryl methyl sites for hydroxylation is 2. The molecule has 1 aromatic heterocycles. The number of hydrogen-bond donors (Lipinski definition) is 0. The number of rotatable bonds is 7. The zero-order valence-corrected chi connectivity index (χ0v) is 18.4. The van der Waals surface area contributed by atoms with Crippen molar-refractivity contribution in [3.05, 3.63) is 112 Å². The number of nitrogens with zero attached hydrogens (tertiary/aromatic N) is 1. The topological polar surface area (TPSA) is 39.2 Å². The van der Waals surface area contributed by atoms with Crippen LogP contribution in [0.4, 0.5) is 0 Å². The van der Waals surface area contributed by atoms with Gasteiger partial charge in [0.2, 0.25) is 0 Å². The van der Waals surface area contributed by atoms with Gasteiger partial charge in [0.25, 0.3) is 0 Å². The highest BCUT2D eigenvalue weighted by molar-refractivity contribution is 7.13. The molecule has 4 aromatic rings. The van der Waals surface area contributed by atoms with Gasteiger partial charge in [0, 0.05) is 10.9 Å². The number of ether oxygens (including phenoxy) is 1. The third-order valence-electron chi connectivity index (χ3n) is 5.05. The van der Waals surface area contributed by atoms with Crippen LogP contribution in [0.15, 0.2) is 84.3 Å². The maximum absolute atomic E-state index is 13.0. The molecular formula is C27H23NO2S. The molecule has 0 fully saturated rings. The van der Waals surface area contributed by atoms with Crippen molar-refractivity contribution in [2.75, 3.05) is 0 Å². The van der Waals surface area contributed by atoms with Crippen LogP contribution in [0.2, 0.25) is 0 Å². The summed E-state index contributed by atoms with van der Waals surface area (Å²) >= 11 is 1.57. The molecule has 1 heterocycles. The van der Waals surface area contributed by atoms with Gasteiger partial charge >= 0.3 is 0 Å². The number of ketones is 1. The Bertz CT molecular complexity index is 1210. The van der Waals surface area contributed by atoms with Crippen molar-refractivity contribution in [1.29, 1.82) is 0 Å². The number of allylic oxidation sites excluding steroid dienone is 1. The molecule has 0 N–H and O–H groups in total. The number of thiazole rings is 1. The maximum atomic E-state index is 13.0. The summed E-state index contributed by atoms with van der Waals surface area (Å²) in [7, 11) is 0. The Labute approximate surface area is 186 Å². The second-order valence-electron chi connectivity index (χ2n) is 7.35. The molecule has 0 radical (unpaired) electrons. The molecule has 4 heteroatoms. The molecule has 4 rings (SSSR count). The van der Waals surface area contributed by atoms with Gasteiger partial charge in [0.05, 0.1) is 11.3 Å². The lowest BCUT2D eigenvalue weighted by Gasteiger charge is -2.13.